The number of rotatable bonds is 4. The molecule has 1 nitrogen and oxygen atoms in total. The average molecular weight is 284 g/mol. The summed E-state index contributed by atoms with van der Waals surface area (Å²) in [5.41, 5.74) is 1.40. The molecule has 1 aliphatic rings. The second kappa shape index (κ2) is 8.84. The van der Waals surface area contributed by atoms with Crippen LogP contribution >= 0.6 is 0 Å². The predicted octanol–water partition coefficient (Wildman–Crippen LogP) is -3.04. The normalized spacial score (nSPS) is 16.4. The fourth-order valence-electron chi connectivity index (χ4n) is 1.54. The first kappa shape index (κ1) is 18.1. The van der Waals surface area contributed by atoms with Crippen molar-refractivity contribution in [3.05, 3.63) is 21.6 Å². The standard InChI is InChI=1S/C11H17O.2ClH.Ti/c1-4-11(12-9(2)3)10-7-5-6-8-10;;;/h5,7,9,11H,4,6H2,1-3H3;2*1H;/q;;;+2/p-2. The summed E-state index contributed by atoms with van der Waals surface area (Å²) < 4.78 is 7.31. The largest absolute Gasteiger partial charge is 1.00 e. The van der Waals surface area contributed by atoms with Gasteiger partial charge in [-0.25, -0.2) is 0 Å². The molecule has 1 unspecified atom stereocenters. The third kappa shape index (κ3) is 5.56. The van der Waals surface area contributed by atoms with Gasteiger partial charge >= 0.3 is 92.6 Å². The summed E-state index contributed by atoms with van der Waals surface area (Å²) in [7, 11) is 0. The zero-order chi connectivity index (χ0) is 9.84. The zero-order valence-electron chi connectivity index (χ0n) is 9.39. The minimum Gasteiger partial charge on any atom is -1.00 e. The van der Waals surface area contributed by atoms with E-state index in [1.54, 1.807) is 0 Å². The van der Waals surface area contributed by atoms with E-state index in [0.29, 0.717) is 12.2 Å². The van der Waals surface area contributed by atoms with Gasteiger partial charge in [0, 0.05) is 0 Å². The average Bonchev–Trinajstić information content (AvgIpc) is 2.47. The fourth-order valence-corrected chi connectivity index (χ4v) is 2.11. The molecule has 0 fully saturated rings. The van der Waals surface area contributed by atoms with Crippen molar-refractivity contribution >= 4 is 0 Å². The maximum atomic E-state index is 5.84. The molecule has 1 rings (SSSR count). The van der Waals surface area contributed by atoms with Crippen LogP contribution in [0, 0.1) is 0 Å². The van der Waals surface area contributed by atoms with E-state index >= 15 is 0 Å². The van der Waals surface area contributed by atoms with Crippen molar-refractivity contribution in [3.8, 4) is 0 Å². The fraction of sp³-hybridized carbons (Fsp3) is 0.636. The summed E-state index contributed by atoms with van der Waals surface area (Å²) in [4.78, 5) is 0. The number of halogens is 2. The molecular formula is C11H17Cl2OTi. The van der Waals surface area contributed by atoms with E-state index in [1.807, 2.05) is 0 Å². The molecule has 0 radical (unpaired) electrons. The van der Waals surface area contributed by atoms with Crippen LogP contribution in [0.15, 0.2) is 21.6 Å². The Bertz CT molecular complexity index is 237. The van der Waals surface area contributed by atoms with E-state index < -0.39 is 0 Å². The molecule has 0 spiro atoms. The van der Waals surface area contributed by atoms with Crippen molar-refractivity contribution in [1.29, 1.82) is 0 Å². The van der Waals surface area contributed by atoms with Gasteiger partial charge in [-0.1, -0.05) is 0 Å². The summed E-state index contributed by atoms with van der Waals surface area (Å²) in [6.45, 7) is 6.37. The number of hydrogen-bond acceptors (Lipinski definition) is 1. The third-order valence-corrected chi connectivity index (χ3v) is 2.89. The van der Waals surface area contributed by atoms with Crippen molar-refractivity contribution < 1.29 is 50.0 Å². The van der Waals surface area contributed by atoms with Gasteiger partial charge in [0.25, 0.3) is 0 Å². The Kier molecular flexibility index (Phi) is 10.7. The van der Waals surface area contributed by atoms with Crippen LogP contribution in [-0.4, -0.2) is 12.2 Å². The first-order valence-corrected chi connectivity index (χ1v) is 5.69. The van der Waals surface area contributed by atoms with Crippen LogP contribution in [0.25, 0.3) is 0 Å². The Hall–Kier alpha value is 0.734. The Morgan fingerprint density at radius 2 is 2.00 bits per heavy atom. The summed E-state index contributed by atoms with van der Waals surface area (Å²) >= 11 is 2.20. The molecule has 15 heavy (non-hydrogen) atoms. The first-order chi connectivity index (χ1) is 6.15. The minimum atomic E-state index is 0. The van der Waals surface area contributed by atoms with E-state index in [9.17, 15) is 0 Å². The van der Waals surface area contributed by atoms with Crippen LogP contribution in [-0.2, 0) is 25.2 Å². The summed E-state index contributed by atoms with van der Waals surface area (Å²) in [5.74, 6) is 0. The summed E-state index contributed by atoms with van der Waals surface area (Å²) in [6, 6.07) is 0. The van der Waals surface area contributed by atoms with Gasteiger partial charge in [-0.2, -0.15) is 0 Å². The smallest absolute Gasteiger partial charge is 1.00 e. The topological polar surface area (TPSA) is 9.23 Å². The van der Waals surface area contributed by atoms with Crippen molar-refractivity contribution in [1.82, 2.24) is 0 Å². The number of allylic oxidation sites excluding steroid dienone is 2. The molecule has 0 amide bonds. The minimum absolute atomic E-state index is 0. The van der Waals surface area contributed by atoms with Crippen molar-refractivity contribution in [2.45, 2.75) is 45.8 Å². The SMILES string of the molecule is CCC(OC(C)C)C1=[C]([Ti+2])CC=C1.[Cl-].[Cl-]. The van der Waals surface area contributed by atoms with Gasteiger partial charge in [0.1, 0.15) is 0 Å². The summed E-state index contributed by atoms with van der Waals surface area (Å²) in [6.07, 6.45) is 7.23. The Labute approximate surface area is 117 Å². The molecule has 0 aromatic carbocycles. The molecule has 0 aliphatic heterocycles. The molecule has 1 aliphatic carbocycles. The predicted molar refractivity (Wildman–Crippen MR) is 51.1 cm³/mol. The molecule has 4 heteroatoms. The van der Waals surface area contributed by atoms with Crippen molar-refractivity contribution in [2.24, 2.45) is 0 Å². The molecule has 0 heterocycles. The quantitative estimate of drug-likeness (QED) is 0.499. The van der Waals surface area contributed by atoms with Gasteiger partial charge in [-0.05, 0) is 0 Å². The van der Waals surface area contributed by atoms with Gasteiger partial charge in [-0.3, -0.25) is 0 Å². The van der Waals surface area contributed by atoms with Crippen LogP contribution in [0.5, 0.6) is 0 Å². The Balaban J connectivity index is 0. The maximum absolute atomic E-state index is 5.84. The van der Waals surface area contributed by atoms with E-state index in [1.165, 1.54) is 9.45 Å². The number of hydrogen-bond donors (Lipinski definition) is 0. The molecule has 85 valence electrons. The molecule has 0 saturated carbocycles. The molecule has 0 N–H and O–H groups in total. The van der Waals surface area contributed by atoms with E-state index in [-0.39, 0.29) is 24.8 Å². The Morgan fingerprint density at radius 1 is 1.40 bits per heavy atom. The number of ether oxygens (including phenoxy) is 1. The zero-order valence-corrected chi connectivity index (χ0v) is 12.5. The molecular weight excluding hydrogens is 267 g/mol. The molecule has 0 aromatic heterocycles. The van der Waals surface area contributed by atoms with Gasteiger partial charge < -0.3 is 24.8 Å². The van der Waals surface area contributed by atoms with E-state index in [4.69, 9.17) is 4.74 Å². The van der Waals surface area contributed by atoms with Crippen LogP contribution in [0.4, 0.5) is 0 Å². The monoisotopic (exact) mass is 283 g/mol. The Morgan fingerprint density at radius 3 is 2.33 bits per heavy atom. The summed E-state index contributed by atoms with van der Waals surface area (Å²) in [5, 5.41) is 0. The maximum Gasteiger partial charge on any atom is -1.00 e. The van der Waals surface area contributed by atoms with Crippen LogP contribution in [0.1, 0.15) is 33.6 Å². The second-order valence-corrected chi connectivity index (χ2v) is 4.56. The van der Waals surface area contributed by atoms with E-state index in [2.05, 4.69) is 53.4 Å². The van der Waals surface area contributed by atoms with E-state index in [0.717, 1.165) is 12.8 Å². The molecule has 0 saturated heterocycles. The van der Waals surface area contributed by atoms with Crippen LogP contribution < -0.4 is 24.8 Å². The van der Waals surface area contributed by atoms with Crippen LogP contribution in [0.2, 0.25) is 0 Å². The molecule has 0 bridgehead atoms. The van der Waals surface area contributed by atoms with Crippen LogP contribution in [0.3, 0.4) is 0 Å². The first-order valence-electron chi connectivity index (χ1n) is 4.91. The second-order valence-electron chi connectivity index (χ2n) is 3.62. The third-order valence-electron chi connectivity index (χ3n) is 2.12. The van der Waals surface area contributed by atoms with Gasteiger partial charge in [0.15, 0.2) is 0 Å². The van der Waals surface area contributed by atoms with Crippen molar-refractivity contribution in [2.75, 3.05) is 0 Å². The van der Waals surface area contributed by atoms with Gasteiger partial charge in [-0.15, -0.1) is 0 Å². The van der Waals surface area contributed by atoms with Crippen molar-refractivity contribution in [3.63, 3.8) is 0 Å². The van der Waals surface area contributed by atoms with Gasteiger partial charge in [0.2, 0.25) is 0 Å². The molecule has 0 aromatic rings. The molecule has 1 atom stereocenters. The van der Waals surface area contributed by atoms with Gasteiger partial charge in [0.05, 0.1) is 0 Å².